The van der Waals surface area contributed by atoms with E-state index in [-0.39, 0.29) is 12.0 Å². The van der Waals surface area contributed by atoms with Gasteiger partial charge in [0.2, 0.25) is 0 Å². The van der Waals surface area contributed by atoms with Crippen molar-refractivity contribution in [1.82, 2.24) is 0 Å². The molecule has 1 rings (SSSR count). The van der Waals surface area contributed by atoms with Gasteiger partial charge in [0.05, 0.1) is 0 Å². The number of rotatable bonds is 2. The van der Waals surface area contributed by atoms with Crippen molar-refractivity contribution in [3.63, 3.8) is 0 Å². The van der Waals surface area contributed by atoms with Gasteiger partial charge in [-0.2, -0.15) is 0 Å². The van der Waals surface area contributed by atoms with E-state index >= 15 is 0 Å². The van der Waals surface area contributed by atoms with Crippen LogP contribution >= 0.6 is 0 Å². The molecule has 0 amide bonds. The van der Waals surface area contributed by atoms with Crippen molar-refractivity contribution >= 4 is 5.97 Å². The molecule has 3 heteroatoms. The Morgan fingerprint density at radius 3 is 2.77 bits per heavy atom. The third kappa shape index (κ3) is 2.87. The molecule has 0 aliphatic carbocycles. The van der Waals surface area contributed by atoms with Crippen LogP contribution in [0.15, 0.2) is 24.3 Å². The minimum absolute atomic E-state index is 0.0458. The summed E-state index contributed by atoms with van der Waals surface area (Å²) < 4.78 is 4.91. The summed E-state index contributed by atoms with van der Waals surface area (Å²) in [5.41, 5.74) is 6.63. The highest BCUT2D eigenvalue weighted by Crippen LogP contribution is 2.17. The lowest BCUT2D eigenvalue weighted by atomic mass is 10.1. The first-order valence-corrected chi connectivity index (χ1v) is 4.13. The number of hydrogen-bond donors (Lipinski definition) is 1. The molecule has 2 N–H and O–H groups in total. The average molecular weight is 179 g/mol. The van der Waals surface area contributed by atoms with Crippen LogP contribution in [0.1, 0.15) is 25.5 Å². The Morgan fingerprint density at radius 2 is 2.23 bits per heavy atom. The van der Waals surface area contributed by atoms with Gasteiger partial charge in [0, 0.05) is 13.0 Å². The van der Waals surface area contributed by atoms with Crippen LogP contribution in [0, 0.1) is 0 Å². The monoisotopic (exact) mass is 179 g/mol. The molecule has 0 aliphatic heterocycles. The van der Waals surface area contributed by atoms with Crippen LogP contribution in [0.25, 0.3) is 0 Å². The molecule has 3 nitrogen and oxygen atoms in total. The molecule has 0 bridgehead atoms. The summed E-state index contributed by atoms with van der Waals surface area (Å²) in [5, 5.41) is 0. The third-order valence-electron chi connectivity index (χ3n) is 1.65. The molecule has 0 saturated heterocycles. The minimum Gasteiger partial charge on any atom is -0.427 e. The summed E-state index contributed by atoms with van der Waals surface area (Å²) in [6.45, 7) is 3.26. The Kier molecular flexibility index (Phi) is 3.03. The van der Waals surface area contributed by atoms with Gasteiger partial charge < -0.3 is 10.5 Å². The quantitative estimate of drug-likeness (QED) is 0.554. The van der Waals surface area contributed by atoms with Gasteiger partial charge in [-0.1, -0.05) is 12.1 Å². The molecule has 0 aromatic heterocycles. The zero-order chi connectivity index (χ0) is 9.84. The second kappa shape index (κ2) is 4.05. The fourth-order valence-corrected chi connectivity index (χ4v) is 1.03. The number of hydrogen-bond acceptors (Lipinski definition) is 3. The summed E-state index contributed by atoms with van der Waals surface area (Å²) in [5.74, 6) is 0.226. The normalized spacial score (nSPS) is 12.2. The summed E-state index contributed by atoms with van der Waals surface area (Å²) in [4.78, 5) is 10.6. The number of benzene rings is 1. The van der Waals surface area contributed by atoms with Gasteiger partial charge in [0.25, 0.3) is 0 Å². The van der Waals surface area contributed by atoms with E-state index in [1.54, 1.807) is 12.1 Å². The van der Waals surface area contributed by atoms with Gasteiger partial charge in [0.15, 0.2) is 0 Å². The molecular weight excluding hydrogens is 166 g/mol. The maximum Gasteiger partial charge on any atom is 0.308 e. The Hall–Kier alpha value is -1.35. The van der Waals surface area contributed by atoms with Crippen LogP contribution in [0.5, 0.6) is 5.75 Å². The lowest BCUT2D eigenvalue weighted by Gasteiger charge is -2.07. The molecule has 13 heavy (non-hydrogen) atoms. The van der Waals surface area contributed by atoms with E-state index in [1.165, 1.54) is 6.92 Å². The number of nitrogens with two attached hydrogens (primary N) is 1. The molecule has 0 spiro atoms. The number of carbonyl (C=O) groups is 1. The van der Waals surface area contributed by atoms with Gasteiger partial charge >= 0.3 is 5.97 Å². The van der Waals surface area contributed by atoms with Crippen LogP contribution in [-0.2, 0) is 4.79 Å². The van der Waals surface area contributed by atoms with Crippen molar-refractivity contribution in [2.24, 2.45) is 5.73 Å². The van der Waals surface area contributed by atoms with Crippen LogP contribution in [0.4, 0.5) is 0 Å². The Bertz CT molecular complexity index is 308. The average Bonchev–Trinajstić information content (AvgIpc) is 2.03. The van der Waals surface area contributed by atoms with Crippen LogP contribution in [0.3, 0.4) is 0 Å². The standard InChI is InChI=1S/C10H13NO2/c1-7(11)9-4-3-5-10(6-9)13-8(2)12/h3-7H,11H2,1-2H3/t7-/m0/s1. The van der Waals surface area contributed by atoms with Crippen molar-refractivity contribution in [3.05, 3.63) is 29.8 Å². The Labute approximate surface area is 77.5 Å². The lowest BCUT2D eigenvalue weighted by molar-refractivity contribution is -0.131. The van der Waals surface area contributed by atoms with E-state index in [0.29, 0.717) is 5.75 Å². The van der Waals surface area contributed by atoms with Gasteiger partial charge in [-0.15, -0.1) is 0 Å². The number of ether oxygens (including phenoxy) is 1. The summed E-state index contributed by atoms with van der Waals surface area (Å²) in [6.07, 6.45) is 0. The van der Waals surface area contributed by atoms with Crippen molar-refractivity contribution in [1.29, 1.82) is 0 Å². The second-order valence-corrected chi connectivity index (χ2v) is 2.95. The zero-order valence-electron chi connectivity index (χ0n) is 7.78. The van der Waals surface area contributed by atoms with Crippen LogP contribution < -0.4 is 10.5 Å². The van der Waals surface area contributed by atoms with Gasteiger partial charge in [-0.05, 0) is 24.6 Å². The highest BCUT2D eigenvalue weighted by atomic mass is 16.5. The second-order valence-electron chi connectivity index (χ2n) is 2.95. The van der Waals surface area contributed by atoms with E-state index in [4.69, 9.17) is 10.5 Å². The molecule has 0 heterocycles. The summed E-state index contributed by atoms with van der Waals surface area (Å²) in [6, 6.07) is 7.17. The largest absolute Gasteiger partial charge is 0.427 e. The fraction of sp³-hybridized carbons (Fsp3) is 0.300. The first kappa shape index (κ1) is 9.74. The van der Waals surface area contributed by atoms with Gasteiger partial charge in [-0.25, -0.2) is 0 Å². The number of esters is 1. The molecule has 0 fully saturated rings. The first-order chi connectivity index (χ1) is 6.09. The molecule has 1 aromatic carbocycles. The predicted molar refractivity (Wildman–Crippen MR) is 50.4 cm³/mol. The topological polar surface area (TPSA) is 52.3 Å². The van der Waals surface area contributed by atoms with E-state index in [0.717, 1.165) is 5.56 Å². The van der Waals surface area contributed by atoms with E-state index in [1.807, 2.05) is 19.1 Å². The highest BCUT2D eigenvalue weighted by Gasteiger charge is 2.02. The summed E-state index contributed by atoms with van der Waals surface area (Å²) in [7, 11) is 0. The predicted octanol–water partition coefficient (Wildman–Crippen LogP) is 1.63. The molecular formula is C10H13NO2. The van der Waals surface area contributed by atoms with Crippen LogP contribution in [0.2, 0.25) is 0 Å². The molecule has 1 aromatic rings. The maximum atomic E-state index is 10.6. The molecule has 70 valence electrons. The zero-order valence-corrected chi connectivity index (χ0v) is 7.78. The summed E-state index contributed by atoms with van der Waals surface area (Å²) >= 11 is 0. The Balaban J connectivity index is 2.85. The van der Waals surface area contributed by atoms with Gasteiger partial charge in [-0.3, -0.25) is 4.79 Å². The highest BCUT2D eigenvalue weighted by molar-refractivity contribution is 5.69. The van der Waals surface area contributed by atoms with E-state index in [2.05, 4.69) is 0 Å². The lowest BCUT2D eigenvalue weighted by Crippen LogP contribution is -2.06. The maximum absolute atomic E-state index is 10.6. The number of carbonyl (C=O) groups excluding carboxylic acids is 1. The third-order valence-corrected chi connectivity index (χ3v) is 1.65. The molecule has 0 saturated carbocycles. The molecule has 0 unspecified atom stereocenters. The van der Waals surface area contributed by atoms with E-state index in [9.17, 15) is 4.79 Å². The first-order valence-electron chi connectivity index (χ1n) is 4.13. The molecule has 0 aliphatic rings. The fourth-order valence-electron chi connectivity index (χ4n) is 1.03. The smallest absolute Gasteiger partial charge is 0.308 e. The van der Waals surface area contributed by atoms with Crippen LogP contribution in [-0.4, -0.2) is 5.97 Å². The molecule has 0 radical (unpaired) electrons. The van der Waals surface area contributed by atoms with Gasteiger partial charge in [0.1, 0.15) is 5.75 Å². The Morgan fingerprint density at radius 1 is 1.54 bits per heavy atom. The van der Waals surface area contributed by atoms with Crippen molar-refractivity contribution in [2.45, 2.75) is 19.9 Å². The molecule has 1 atom stereocenters. The van der Waals surface area contributed by atoms with E-state index < -0.39 is 0 Å². The van der Waals surface area contributed by atoms with Crippen molar-refractivity contribution < 1.29 is 9.53 Å². The minimum atomic E-state index is -0.318. The van der Waals surface area contributed by atoms with Crippen molar-refractivity contribution in [2.75, 3.05) is 0 Å². The van der Waals surface area contributed by atoms with Crippen molar-refractivity contribution in [3.8, 4) is 5.75 Å². The SMILES string of the molecule is CC(=O)Oc1cccc([C@H](C)N)c1.